The Labute approximate surface area is 248 Å². The minimum Gasteiger partial charge on any atom is -0.477 e. The predicted octanol–water partition coefficient (Wildman–Crippen LogP) is -0.491. The summed E-state index contributed by atoms with van der Waals surface area (Å²) < 4.78 is 6.33. The molecule has 0 spiro atoms. The molecule has 0 aromatic carbocycles. The van der Waals surface area contributed by atoms with Crippen LogP contribution in [0.3, 0.4) is 0 Å². The minimum absolute atomic E-state index is 0.169. The molecule has 5 heterocycles. The average Bonchev–Trinajstić information content (AvgIpc) is 3.76. The summed E-state index contributed by atoms with van der Waals surface area (Å²) >= 11 is 3.61. The van der Waals surface area contributed by atoms with Crippen LogP contribution in [0.5, 0.6) is 0 Å². The molecule has 218 valence electrons. The SMILES string of the molecule is Cn1nnnc1SCC1=C(C(=O)O)N2C(=O)[C@H](NC(=O)C(NC(=O)C(=O)NC(=O)c3ccco3)c3cccs3)[C@@H]2SC1. The van der Waals surface area contributed by atoms with E-state index in [1.54, 1.807) is 24.6 Å². The Balaban J connectivity index is 1.26. The average molecular weight is 633 g/mol. The molecule has 3 atom stereocenters. The van der Waals surface area contributed by atoms with Gasteiger partial charge in [-0.05, 0) is 39.6 Å². The van der Waals surface area contributed by atoms with E-state index in [0.29, 0.717) is 15.6 Å². The van der Waals surface area contributed by atoms with Gasteiger partial charge in [-0.1, -0.05) is 17.8 Å². The van der Waals surface area contributed by atoms with Gasteiger partial charge in [-0.3, -0.25) is 34.2 Å². The molecular weight excluding hydrogens is 613 g/mol. The summed E-state index contributed by atoms with van der Waals surface area (Å²) in [4.78, 5) is 77.0. The number of nitrogens with zero attached hydrogens (tertiary/aromatic N) is 5. The van der Waals surface area contributed by atoms with Gasteiger partial charge in [-0.15, -0.1) is 28.2 Å². The summed E-state index contributed by atoms with van der Waals surface area (Å²) in [5.74, 6) is -5.95. The Morgan fingerprint density at radius 2 is 2.02 bits per heavy atom. The molecule has 0 aliphatic carbocycles. The quantitative estimate of drug-likeness (QED) is 0.133. The lowest BCUT2D eigenvalue weighted by Crippen LogP contribution is -2.71. The lowest BCUT2D eigenvalue weighted by Gasteiger charge is -2.49. The number of hydrogen-bond donors (Lipinski definition) is 4. The van der Waals surface area contributed by atoms with Gasteiger partial charge in [0.2, 0.25) is 11.1 Å². The number of aliphatic carboxylic acids is 1. The number of rotatable bonds is 9. The molecule has 2 aliphatic rings. The number of tetrazole rings is 1. The molecule has 3 aromatic rings. The highest BCUT2D eigenvalue weighted by atomic mass is 32.2. The van der Waals surface area contributed by atoms with Crippen molar-refractivity contribution < 1.29 is 38.3 Å². The maximum absolute atomic E-state index is 13.3. The van der Waals surface area contributed by atoms with E-state index in [1.165, 1.54) is 46.6 Å². The van der Waals surface area contributed by atoms with Crippen molar-refractivity contribution in [2.24, 2.45) is 7.05 Å². The number of fused-ring (bicyclic) bond motifs is 1. The van der Waals surface area contributed by atoms with E-state index in [9.17, 15) is 33.9 Å². The molecule has 2 aliphatic heterocycles. The molecule has 4 N–H and O–H groups in total. The Hall–Kier alpha value is -4.49. The number of carboxylic acid groups (broad SMARTS) is 1. The second kappa shape index (κ2) is 12.2. The van der Waals surface area contributed by atoms with Crippen molar-refractivity contribution in [3.05, 3.63) is 57.8 Å². The smallest absolute Gasteiger partial charge is 0.352 e. The van der Waals surface area contributed by atoms with Crippen molar-refractivity contribution in [2.75, 3.05) is 11.5 Å². The third-order valence-electron chi connectivity index (χ3n) is 6.05. The lowest BCUT2D eigenvalue weighted by molar-refractivity contribution is -0.151. The zero-order valence-electron chi connectivity index (χ0n) is 21.4. The van der Waals surface area contributed by atoms with Crippen LogP contribution in [-0.4, -0.2) is 88.6 Å². The zero-order valence-corrected chi connectivity index (χ0v) is 23.8. The van der Waals surface area contributed by atoms with Gasteiger partial charge in [0.05, 0.1) is 6.26 Å². The van der Waals surface area contributed by atoms with Crippen LogP contribution in [0.25, 0.3) is 0 Å². The summed E-state index contributed by atoms with van der Waals surface area (Å²) in [7, 11) is 1.64. The molecule has 1 saturated heterocycles. The fourth-order valence-corrected chi connectivity index (χ4v) is 7.18. The fraction of sp³-hybridized carbons (Fsp3) is 0.261. The Bertz CT molecular complexity index is 1590. The number of carbonyl (C=O) groups is 6. The third-order valence-corrected chi connectivity index (χ3v) is 9.42. The molecule has 0 radical (unpaired) electrons. The van der Waals surface area contributed by atoms with Gasteiger partial charge in [0.15, 0.2) is 5.76 Å². The molecule has 1 unspecified atom stereocenters. The van der Waals surface area contributed by atoms with E-state index in [2.05, 4.69) is 26.2 Å². The number of furan rings is 1. The normalized spacial score (nSPS) is 18.5. The lowest BCUT2D eigenvalue weighted by atomic mass is 10.0. The number of nitrogens with one attached hydrogen (secondary N) is 3. The molecule has 42 heavy (non-hydrogen) atoms. The van der Waals surface area contributed by atoms with E-state index < -0.39 is 53.0 Å². The summed E-state index contributed by atoms with van der Waals surface area (Å²) in [6, 6.07) is 3.44. The second-order valence-electron chi connectivity index (χ2n) is 8.71. The highest BCUT2D eigenvalue weighted by Crippen LogP contribution is 2.41. The fourth-order valence-electron chi connectivity index (χ4n) is 4.07. The molecule has 16 nitrogen and oxygen atoms in total. The van der Waals surface area contributed by atoms with Crippen molar-refractivity contribution in [3.63, 3.8) is 0 Å². The monoisotopic (exact) mass is 632 g/mol. The second-order valence-corrected chi connectivity index (χ2v) is 11.7. The molecule has 5 rings (SSSR count). The molecule has 5 amide bonds. The van der Waals surface area contributed by atoms with Crippen LogP contribution in [0.1, 0.15) is 21.5 Å². The van der Waals surface area contributed by atoms with Gasteiger partial charge in [0, 0.05) is 23.4 Å². The van der Waals surface area contributed by atoms with Crippen LogP contribution in [0.2, 0.25) is 0 Å². The first kappa shape index (κ1) is 29.0. The van der Waals surface area contributed by atoms with E-state index in [0.717, 1.165) is 16.2 Å². The Morgan fingerprint density at radius 3 is 2.67 bits per heavy atom. The number of carbonyl (C=O) groups excluding carboxylic acids is 5. The number of aromatic nitrogens is 4. The van der Waals surface area contributed by atoms with Crippen molar-refractivity contribution in [2.45, 2.75) is 22.6 Å². The van der Waals surface area contributed by atoms with Crippen molar-refractivity contribution in [1.82, 2.24) is 41.1 Å². The molecule has 0 bridgehead atoms. The van der Waals surface area contributed by atoms with Crippen LogP contribution in [-0.2, 0) is 31.0 Å². The Morgan fingerprint density at radius 1 is 1.21 bits per heavy atom. The first-order chi connectivity index (χ1) is 20.2. The maximum atomic E-state index is 13.3. The van der Waals surface area contributed by atoms with Crippen LogP contribution in [0, 0.1) is 0 Å². The van der Waals surface area contributed by atoms with Crippen LogP contribution >= 0.6 is 34.9 Å². The van der Waals surface area contributed by atoms with Gasteiger partial charge in [-0.25, -0.2) is 9.48 Å². The molecule has 3 aromatic heterocycles. The number of amides is 5. The topological polar surface area (TPSA) is 219 Å². The Kier molecular flexibility index (Phi) is 8.41. The number of carboxylic acids is 1. The summed E-state index contributed by atoms with van der Waals surface area (Å²) in [5, 5.41) is 29.2. The number of thiophene rings is 1. The van der Waals surface area contributed by atoms with Crippen LogP contribution < -0.4 is 16.0 Å². The van der Waals surface area contributed by atoms with Crippen molar-refractivity contribution >= 4 is 70.4 Å². The number of β-lactam (4-membered cyclic amide) rings is 1. The number of aryl methyl sites for hydroxylation is 1. The molecular formula is C23H20N8O8S3. The summed E-state index contributed by atoms with van der Waals surface area (Å²) in [6.45, 7) is 0. The van der Waals surface area contributed by atoms with Gasteiger partial charge in [-0.2, -0.15) is 0 Å². The van der Waals surface area contributed by atoms with Gasteiger partial charge >= 0.3 is 17.8 Å². The van der Waals surface area contributed by atoms with Gasteiger partial charge in [0.1, 0.15) is 23.2 Å². The largest absolute Gasteiger partial charge is 0.477 e. The van der Waals surface area contributed by atoms with Gasteiger partial charge in [0.25, 0.3) is 11.8 Å². The molecule has 1 fully saturated rings. The van der Waals surface area contributed by atoms with E-state index >= 15 is 0 Å². The van der Waals surface area contributed by atoms with Gasteiger partial charge < -0.3 is 20.2 Å². The number of imide groups is 1. The first-order valence-electron chi connectivity index (χ1n) is 11.9. The molecule has 19 heteroatoms. The number of thioether (sulfide) groups is 2. The molecule has 0 saturated carbocycles. The van der Waals surface area contributed by atoms with Crippen LogP contribution in [0.4, 0.5) is 0 Å². The third kappa shape index (κ3) is 5.78. The zero-order chi connectivity index (χ0) is 30.0. The maximum Gasteiger partial charge on any atom is 0.352 e. The van der Waals surface area contributed by atoms with Crippen LogP contribution in [0.15, 0.2) is 56.8 Å². The number of hydrogen-bond acceptors (Lipinski definition) is 13. The minimum atomic E-state index is -1.38. The van der Waals surface area contributed by atoms with Crippen molar-refractivity contribution in [1.29, 1.82) is 0 Å². The summed E-state index contributed by atoms with van der Waals surface area (Å²) in [5.41, 5.74) is 0.326. The highest BCUT2D eigenvalue weighted by Gasteiger charge is 2.54. The predicted molar refractivity (Wildman–Crippen MR) is 146 cm³/mol. The summed E-state index contributed by atoms with van der Waals surface area (Å²) in [6.07, 6.45) is 1.22. The van der Waals surface area contributed by atoms with E-state index in [1.807, 2.05) is 5.32 Å². The first-order valence-corrected chi connectivity index (χ1v) is 14.9. The standard InChI is InChI=1S/C23H20N8O8S3/c1-30-23(27-28-29-30)42-9-10-8-41-21-14(20(36)31(21)15(10)22(37)38)25-17(33)13(12-5-3-7-40-12)24-18(34)19(35)26-16(32)11-4-2-6-39-11/h2-7,13-14,21H,8-9H2,1H3,(H,24,34)(H,25,33)(H,37,38)(H,26,32,35)/t13?,14-,21-/m0/s1. The van der Waals surface area contributed by atoms with E-state index in [-0.39, 0.29) is 23.0 Å². The van der Waals surface area contributed by atoms with Crippen molar-refractivity contribution in [3.8, 4) is 0 Å². The highest BCUT2D eigenvalue weighted by molar-refractivity contribution is 8.01. The van der Waals surface area contributed by atoms with E-state index in [4.69, 9.17) is 4.42 Å².